The first-order valence-electron chi connectivity index (χ1n) is 0.875. The zero-order valence-electron chi connectivity index (χ0n) is 2.30. The van der Waals surface area contributed by atoms with Crippen LogP contribution in [0.25, 0.3) is 4.85 Å². The number of hydrogen-bond acceptors (Lipinski definition) is 1. The Labute approximate surface area is 41.2 Å². The van der Waals surface area contributed by atoms with E-state index in [9.17, 15) is 0 Å². The van der Waals surface area contributed by atoms with E-state index in [2.05, 4.69) is 29.7 Å². The maximum absolute atomic E-state index is 6.06. The van der Waals surface area contributed by atoms with Crippen molar-refractivity contribution in [3.63, 3.8) is 0 Å². The molecule has 0 aliphatic carbocycles. The lowest BCUT2D eigenvalue weighted by molar-refractivity contribution is 2.48. The van der Waals surface area contributed by atoms with Crippen molar-refractivity contribution in [3.8, 4) is 0 Å². The van der Waals surface area contributed by atoms with Gasteiger partial charge in [-0.05, 0) is 0 Å². The van der Waals surface area contributed by atoms with E-state index in [1.54, 1.807) is 0 Å². The molecule has 0 N–H and O–H groups in total. The maximum atomic E-state index is 6.06. The summed E-state index contributed by atoms with van der Waals surface area (Å²) >= 11 is 7.68. The van der Waals surface area contributed by atoms with E-state index < -0.39 is 0 Å². The van der Waals surface area contributed by atoms with Crippen molar-refractivity contribution in [2.45, 2.75) is 0 Å². The Balaban J connectivity index is 3.35. The van der Waals surface area contributed by atoms with Crippen LogP contribution in [-0.2, 0) is 0 Å². The first-order chi connectivity index (χ1) is 2.27. The largest absolute Gasteiger partial charge is 0.280 e. The summed E-state index contributed by atoms with van der Waals surface area (Å²) in [5, 5.41) is 0. The minimum absolute atomic E-state index is 0.0741. The fraction of sp³-hybridized carbons (Fsp3) is 0. The third-order valence-corrected chi connectivity index (χ3v) is 0.287. The van der Waals surface area contributed by atoms with Gasteiger partial charge >= 0.3 is 0 Å². The molecule has 3 heteroatoms. The average molecular weight is 103 g/mol. The van der Waals surface area contributed by atoms with Crippen molar-refractivity contribution in [2.24, 2.45) is 0 Å². The summed E-state index contributed by atoms with van der Waals surface area (Å²) in [6.45, 7) is 6.06. The molecule has 0 rings (SSSR count). The van der Waals surface area contributed by atoms with Crippen molar-refractivity contribution in [2.75, 3.05) is 0 Å². The highest BCUT2D eigenvalue weighted by molar-refractivity contribution is 8.11. The molecule has 1 nitrogen and oxygen atoms in total. The molecule has 0 heterocycles. The number of thiocarbonyl (C=S) groups is 1. The van der Waals surface area contributed by atoms with Crippen LogP contribution in [-0.4, -0.2) is 4.32 Å². The van der Waals surface area contributed by atoms with Crippen LogP contribution >= 0.6 is 24.8 Å². The second-order valence-electron chi connectivity index (χ2n) is 0.394. The normalized spacial score (nSPS) is 5.60. The predicted molar refractivity (Wildman–Crippen MR) is 28.2 cm³/mol. The molecular formula is C2HNS2. The molecule has 0 unspecified atom stereocenters. The lowest BCUT2D eigenvalue weighted by atomic mass is 11.4. The molecule has 0 saturated carbocycles. The van der Waals surface area contributed by atoms with Gasteiger partial charge in [0.15, 0.2) is 0 Å². The van der Waals surface area contributed by atoms with Crippen molar-refractivity contribution >= 4 is 29.2 Å². The van der Waals surface area contributed by atoms with Gasteiger partial charge in [-0.1, -0.05) is 0 Å². The molecule has 0 saturated heterocycles. The first-order valence-corrected chi connectivity index (χ1v) is 1.73. The third kappa shape index (κ3) is 3.93. The van der Waals surface area contributed by atoms with Crippen molar-refractivity contribution < 1.29 is 0 Å². The standard InChI is InChI=1S/C2HNS2/c1-3-2(4)5/h(H,4,5). The lowest BCUT2D eigenvalue weighted by Crippen LogP contribution is -1.56. The van der Waals surface area contributed by atoms with Gasteiger partial charge in [0, 0.05) is 0 Å². The fourth-order valence-corrected chi connectivity index (χ4v) is 0. The average Bonchev–Trinajstić information content (AvgIpc) is 1.38. The van der Waals surface area contributed by atoms with Gasteiger partial charge in [0.25, 0.3) is 4.32 Å². The molecule has 0 atom stereocenters. The Morgan fingerprint density at radius 2 is 2.20 bits per heavy atom. The van der Waals surface area contributed by atoms with E-state index in [0.717, 1.165) is 0 Å². The molecule has 0 bridgehead atoms. The SMILES string of the molecule is [C-]#[N+]C(=S)S. The monoisotopic (exact) mass is 103 g/mol. The second-order valence-corrected chi connectivity index (χ2v) is 1.51. The van der Waals surface area contributed by atoms with Crippen LogP contribution in [0.15, 0.2) is 0 Å². The zero-order valence-corrected chi connectivity index (χ0v) is 4.01. The Morgan fingerprint density at radius 3 is 2.20 bits per heavy atom. The molecule has 0 aliphatic rings. The number of nitrogens with zero attached hydrogens (tertiary/aromatic N) is 1. The molecule has 0 aromatic rings. The summed E-state index contributed by atoms with van der Waals surface area (Å²) in [5.74, 6) is 0. The molecular weight excluding hydrogens is 102 g/mol. The molecule has 0 aliphatic heterocycles. The Hall–Kier alpha value is -0.0700. The van der Waals surface area contributed by atoms with Crippen LogP contribution in [0, 0.1) is 6.57 Å². The van der Waals surface area contributed by atoms with Crippen molar-refractivity contribution in [3.05, 3.63) is 11.4 Å². The van der Waals surface area contributed by atoms with Crippen LogP contribution < -0.4 is 0 Å². The van der Waals surface area contributed by atoms with E-state index in [1.165, 1.54) is 0 Å². The van der Waals surface area contributed by atoms with Gasteiger partial charge in [-0.15, -0.1) is 24.8 Å². The van der Waals surface area contributed by atoms with Gasteiger partial charge in [-0.2, -0.15) is 0 Å². The molecule has 0 fully saturated rings. The van der Waals surface area contributed by atoms with Gasteiger partial charge in [0.05, 0.1) is 6.57 Å². The van der Waals surface area contributed by atoms with Crippen LogP contribution in [0.3, 0.4) is 0 Å². The summed E-state index contributed by atoms with van der Waals surface area (Å²) in [5.41, 5.74) is 0. The molecule has 0 spiro atoms. The molecule has 26 valence electrons. The lowest BCUT2D eigenvalue weighted by Gasteiger charge is -1.59. The highest BCUT2D eigenvalue weighted by atomic mass is 32.1. The Morgan fingerprint density at radius 1 is 2.00 bits per heavy atom. The third-order valence-electron chi connectivity index (χ3n) is 0.0956. The van der Waals surface area contributed by atoms with E-state index in [1.807, 2.05) is 0 Å². The summed E-state index contributed by atoms with van der Waals surface area (Å²) in [6, 6.07) is 0. The Kier molecular flexibility index (Phi) is 2.15. The van der Waals surface area contributed by atoms with E-state index >= 15 is 0 Å². The number of hydrogen-bond donors (Lipinski definition) is 1. The van der Waals surface area contributed by atoms with E-state index in [0.29, 0.717) is 0 Å². The smallest absolute Gasteiger partial charge is 0.219 e. The Bertz CT molecular complexity index is 80.1. The first kappa shape index (κ1) is 4.93. The van der Waals surface area contributed by atoms with E-state index in [-0.39, 0.29) is 4.32 Å². The summed E-state index contributed by atoms with van der Waals surface area (Å²) in [6.07, 6.45) is 0. The predicted octanol–water partition coefficient (Wildman–Crippen LogP) is 1.12. The number of thiol groups is 1. The molecule has 0 aromatic carbocycles. The molecule has 0 radical (unpaired) electrons. The van der Waals surface area contributed by atoms with E-state index in [4.69, 9.17) is 6.57 Å². The van der Waals surface area contributed by atoms with Gasteiger partial charge in [0.2, 0.25) is 0 Å². The zero-order chi connectivity index (χ0) is 4.28. The minimum Gasteiger partial charge on any atom is -0.219 e. The maximum Gasteiger partial charge on any atom is 0.280 e. The minimum atomic E-state index is 0.0741. The van der Waals surface area contributed by atoms with Crippen molar-refractivity contribution in [1.82, 2.24) is 0 Å². The van der Waals surface area contributed by atoms with Gasteiger partial charge in [-0.3, -0.25) is 0 Å². The summed E-state index contributed by atoms with van der Waals surface area (Å²) < 4.78 is 0.0741. The summed E-state index contributed by atoms with van der Waals surface area (Å²) in [4.78, 5) is 2.73. The van der Waals surface area contributed by atoms with Gasteiger partial charge < -0.3 is 0 Å². The highest BCUT2D eigenvalue weighted by Gasteiger charge is 1.69. The highest BCUT2D eigenvalue weighted by Crippen LogP contribution is 1.80. The second kappa shape index (κ2) is 2.18. The van der Waals surface area contributed by atoms with Crippen LogP contribution in [0.1, 0.15) is 0 Å². The van der Waals surface area contributed by atoms with Gasteiger partial charge in [-0.25, -0.2) is 4.85 Å². The van der Waals surface area contributed by atoms with Crippen LogP contribution in [0.2, 0.25) is 0 Å². The summed E-state index contributed by atoms with van der Waals surface area (Å²) in [7, 11) is 0. The molecule has 0 aromatic heterocycles. The fourth-order valence-electron chi connectivity index (χ4n) is 0. The van der Waals surface area contributed by atoms with Crippen LogP contribution in [0.4, 0.5) is 0 Å². The molecule has 0 amide bonds. The molecule has 5 heavy (non-hydrogen) atoms. The quantitative estimate of drug-likeness (QED) is 0.273. The number of rotatable bonds is 0. The van der Waals surface area contributed by atoms with Crippen LogP contribution in [0.5, 0.6) is 0 Å². The topological polar surface area (TPSA) is 4.36 Å². The van der Waals surface area contributed by atoms with Crippen molar-refractivity contribution in [1.29, 1.82) is 0 Å². The van der Waals surface area contributed by atoms with Gasteiger partial charge in [0.1, 0.15) is 0 Å².